The van der Waals surface area contributed by atoms with Crippen LogP contribution < -0.4 is 10.6 Å². The molecule has 1 fully saturated rings. The lowest BCUT2D eigenvalue weighted by atomic mass is 9.91. The molecule has 1 aliphatic heterocycles. The molecule has 2 aromatic rings. The zero-order valence-corrected chi connectivity index (χ0v) is 15.6. The highest BCUT2D eigenvalue weighted by Gasteiger charge is 2.50. The fraction of sp³-hybridized carbons (Fsp3) is 0.200. The Morgan fingerprint density at radius 1 is 1.14 bits per heavy atom. The maximum absolute atomic E-state index is 14.2. The summed E-state index contributed by atoms with van der Waals surface area (Å²) < 4.78 is 27.7. The largest absolute Gasteiger partial charge is 0.325 e. The van der Waals surface area contributed by atoms with Gasteiger partial charge in [0, 0.05) is 16.8 Å². The Morgan fingerprint density at radius 3 is 2.55 bits per heavy atom. The van der Waals surface area contributed by atoms with Gasteiger partial charge in [0.2, 0.25) is 5.91 Å². The summed E-state index contributed by atoms with van der Waals surface area (Å²) in [4.78, 5) is 49.4. The van der Waals surface area contributed by atoms with Gasteiger partial charge in [0.25, 0.3) is 5.91 Å². The molecule has 9 heteroatoms. The number of nitrogens with zero attached hydrogens (tertiary/aromatic N) is 1. The van der Waals surface area contributed by atoms with Crippen molar-refractivity contribution in [1.29, 1.82) is 0 Å². The molecule has 29 heavy (non-hydrogen) atoms. The maximum Gasteiger partial charge on any atom is 0.325 e. The van der Waals surface area contributed by atoms with Gasteiger partial charge in [-0.05, 0) is 44.2 Å². The second-order valence-corrected chi connectivity index (χ2v) is 6.76. The molecule has 150 valence electrons. The fourth-order valence-corrected chi connectivity index (χ4v) is 3.06. The molecule has 7 nitrogen and oxygen atoms in total. The smallest absolute Gasteiger partial charge is 0.325 e. The van der Waals surface area contributed by atoms with Crippen LogP contribution in [0.15, 0.2) is 42.5 Å². The van der Waals surface area contributed by atoms with Crippen molar-refractivity contribution in [3.8, 4) is 0 Å². The Balaban J connectivity index is 1.78. The van der Waals surface area contributed by atoms with Crippen molar-refractivity contribution in [3.05, 3.63) is 65.2 Å². The normalized spacial score (nSPS) is 18.6. The topological polar surface area (TPSA) is 95.6 Å². The highest BCUT2D eigenvalue weighted by molar-refractivity contribution is 6.10. The quantitative estimate of drug-likeness (QED) is 0.595. The predicted molar refractivity (Wildman–Crippen MR) is 99.0 cm³/mol. The second-order valence-electron chi connectivity index (χ2n) is 6.76. The van der Waals surface area contributed by atoms with Crippen molar-refractivity contribution in [1.82, 2.24) is 10.2 Å². The Morgan fingerprint density at radius 2 is 1.86 bits per heavy atom. The molecule has 0 spiro atoms. The number of benzene rings is 2. The second kappa shape index (κ2) is 7.42. The molecule has 1 saturated heterocycles. The number of amides is 4. The summed E-state index contributed by atoms with van der Waals surface area (Å²) in [5, 5.41) is 4.81. The third-order valence-electron chi connectivity index (χ3n) is 4.60. The van der Waals surface area contributed by atoms with E-state index in [1.165, 1.54) is 19.9 Å². The van der Waals surface area contributed by atoms with Gasteiger partial charge in [-0.25, -0.2) is 13.6 Å². The molecule has 3 rings (SSSR count). The summed E-state index contributed by atoms with van der Waals surface area (Å²) in [5.41, 5.74) is -1.49. The van der Waals surface area contributed by atoms with Gasteiger partial charge in [-0.1, -0.05) is 12.1 Å². The van der Waals surface area contributed by atoms with E-state index < -0.39 is 41.6 Å². The minimum atomic E-state index is -1.85. The van der Waals surface area contributed by atoms with Crippen LogP contribution in [-0.4, -0.2) is 35.1 Å². The zero-order chi connectivity index (χ0) is 21.3. The van der Waals surface area contributed by atoms with E-state index in [1.54, 1.807) is 18.2 Å². The van der Waals surface area contributed by atoms with Crippen molar-refractivity contribution in [2.75, 3.05) is 11.9 Å². The average Bonchev–Trinajstić information content (AvgIpc) is 2.87. The zero-order valence-electron chi connectivity index (χ0n) is 15.6. The number of carbonyl (C=O) groups is 4. The number of hydrogen-bond donors (Lipinski definition) is 2. The van der Waals surface area contributed by atoms with Crippen molar-refractivity contribution >= 4 is 29.3 Å². The molecular weight excluding hydrogens is 384 g/mol. The molecule has 1 atom stereocenters. The molecule has 2 N–H and O–H groups in total. The van der Waals surface area contributed by atoms with Crippen LogP contribution in [0.1, 0.15) is 29.8 Å². The van der Waals surface area contributed by atoms with E-state index in [9.17, 15) is 28.0 Å². The molecule has 1 aliphatic rings. The molecule has 0 saturated carbocycles. The lowest BCUT2D eigenvalue weighted by Crippen LogP contribution is -2.42. The van der Waals surface area contributed by atoms with Crippen molar-refractivity contribution in [3.63, 3.8) is 0 Å². The van der Waals surface area contributed by atoms with Crippen molar-refractivity contribution in [2.45, 2.75) is 19.4 Å². The van der Waals surface area contributed by atoms with Crippen LogP contribution >= 0.6 is 0 Å². The molecule has 0 bridgehead atoms. The van der Waals surface area contributed by atoms with Gasteiger partial charge in [-0.15, -0.1) is 0 Å². The van der Waals surface area contributed by atoms with E-state index in [0.717, 1.165) is 18.2 Å². The fourth-order valence-electron chi connectivity index (χ4n) is 3.06. The number of Topliss-reactive ketones (excluding diaryl/α,β-unsaturated/α-hetero) is 1. The SMILES string of the molecule is CC(=O)c1cccc(NC(=O)CN2C(=O)N[C@@](C)(c3cc(F)ccc3F)C2=O)c1. The van der Waals surface area contributed by atoms with Crippen LogP contribution in [-0.2, 0) is 15.1 Å². The summed E-state index contributed by atoms with van der Waals surface area (Å²) in [7, 11) is 0. The molecule has 4 amide bonds. The molecule has 0 unspecified atom stereocenters. The van der Waals surface area contributed by atoms with Gasteiger partial charge >= 0.3 is 6.03 Å². The third kappa shape index (κ3) is 3.84. The standard InChI is InChI=1S/C20H17F2N3O4/c1-11(26)12-4-3-5-14(8-12)23-17(27)10-25-18(28)20(2,24-19(25)29)15-9-13(21)6-7-16(15)22/h3-9H,10H2,1-2H3,(H,23,27)(H,24,29)/t20-/m0/s1. The van der Waals surface area contributed by atoms with Gasteiger partial charge in [-0.3, -0.25) is 19.3 Å². The third-order valence-corrected chi connectivity index (χ3v) is 4.60. The van der Waals surface area contributed by atoms with Gasteiger partial charge in [0.15, 0.2) is 5.78 Å². The number of hydrogen-bond acceptors (Lipinski definition) is 4. The Kier molecular flexibility index (Phi) is 5.15. The summed E-state index contributed by atoms with van der Waals surface area (Å²) in [5.74, 6) is -3.41. The number of halogens is 2. The van der Waals surface area contributed by atoms with E-state index in [0.29, 0.717) is 16.2 Å². The lowest BCUT2D eigenvalue weighted by Gasteiger charge is -2.22. The minimum absolute atomic E-state index is 0.192. The average molecular weight is 401 g/mol. The molecule has 2 aromatic carbocycles. The van der Waals surface area contributed by atoms with Gasteiger partial charge in [-0.2, -0.15) is 0 Å². The summed E-state index contributed by atoms with van der Waals surface area (Å²) in [6.45, 7) is 1.97. The number of rotatable bonds is 5. The Labute approximate surface area is 164 Å². The van der Waals surface area contributed by atoms with Gasteiger partial charge < -0.3 is 10.6 Å². The summed E-state index contributed by atoms with van der Waals surface area (Å²) >= 11 is 0. The van der Waals surface area contributed by atoms with Crippen LogP contribution in [0.25, 0.3) is 0 Å². The number of carbonyl (C=O) groups excluding carboxylic acids is 4. The molecule has 0 radical (unpaired) electrons. The molecule has 0 aliphatic carbocycles. The highest BCUT2D eigenvalue weighted by Crippen LogP contribution is 2.31. The molecular formula is C20H17F2N3O4. The number of urea groups is 1. The number of anilines is 1. The van der Waals surface area contributed by atoms with E-state index in [1.807, 2.05) is 0 Å². The first-order valence-corrected chi connectivity index (χ1v) is 8.62. The predicted octanol–water partition coefficient (Wildman–Crippen LogP) is 2.57. The lowest BCUT2D eigenvalue weighted by molar-refractivity contribution is -0.133. The van der Waals surface area contributed by atoms with Crippen LogP contribution in [0.2, 0.25) is 0 Å². The first-order chi connectivity index (χ1) is 13.6. The minimum Gasteiger partial charge on any atom is -0.325 e. The highest BCUT2D eigenvalue weighted by atomic mass is 19.1. The first kappa shape index (κ1) is 20.1. The van der Waals surface area contributed by atoms with E-state index in [2.05, 4.69) is 10.6 Å². The number of imide groups is 1. The van der Waals surface area contributed by atoms with Crippen LogP contribution in [0.4, 0.5) is 19.3 Å². The van der Waals surface area contributed by atoms with Crippen LogP contribution in [0.3, 0.4) is 0 Å². The van der Waals surface area contributed by atoms with E-state index >= 15 is 0 Å². The van der Waals surface area contributed by atoms with Gasteiger partial charge in [0.05, 0.1) is 0 Å². The number of nitrogens with one attached hydrogen (secondary N) is 2. The Bertz CT molecular complexity index is 1040. The molecule has 0 aromatic heterocycles. The summed E-state index contributed by atoms with van der Waals surface area (Å²) in [6, 6.07) is 7.81. The van der Waals surface area contributed by atoms with Crippen molar-refractivity contribution < 1.29 is 28.0 Å². The maximum atomic E-state index is 14.2. The van der Waals surface area contributed by atoms with E-state index in [4.69, 9.17) is 0 Å². The Hall–Kier alpha value is -3.62. The molecule has 1 heterocycles. The van der Waals surface area contributed by atoms with Gasteiger partial charge in [0.1, 0.15) is 23.7 Å². The van der Waals surface area contributed by atoms with E-state index in [-0.39, 0.29) is 11.3 Å². The van der Waals surface area contributed by atoms with Crippen LogP contribution in [0.5, 0.6) is 0 Å². The number of ketones is 1. The first-order valence-electron chi connectivity index (χ1n) is 8.62. The van der Waals surface area contributed by atoms with Crippen LogP contribution in [0, 0.1) is 11.6 Å². The summed E-state index contributed by atoms with van der Waals surface area (Å²) in [6.07, 6.45) is 0. The monoisotopic (exact) mass is 401 g/mol. The van der Waals surface area contributed by atoms with Crippen molar-refractivity contribution in [2.24, 2.45) is 0 Å².